The number of thiophene rings is 1. The molecule has 158 valence electrons. The highest BCUT2D eigenvalue weighted by Crippen LogP contribution is 2.34. The highest BCUT2D eigenvalue weighted by molar-refractivity contribution is 7.99. The van der Waals surface area contributed by atoms with Gasteiger partial charge in [0.2, 0.25) is 5.91 Å². The Bertz CT molecular complexity index is 1200. The Morgan fingerprint density at radius 3 is 2.74 bits per heavy atom. The fourth-order valence-electron chi connectivity index (χ4n) is 3.15. The summed E-state index contributed by atoms with van der Waals surface area (Å²) in [4.78, 5) is 13.6. The minimum Gasteiger partial charge on any atom is -0.495 e. The van der Waals surface area contributed by atoms with Gasteiger partial charge in [-0.15, -0.1) is 21.5 Å². The van der Waals surface area contributed by atoms with E-state index in [0.29, 0.717) is 10.9 Å². The van der Waals surface area contributed by atoms with E-state index in [-0.39, 0.29) is 11.7 Å². The molecule has 0 spiro atoms. The molecule has 1 N–H and O–H groups in total. The van der Waals surface area contributed by atoms with E-state index in [1.54, 1.807) is 18.4 Å². The fraction of sp³-hybridized carbons (Fsp3) is 0.174. The molecule has 4 aromatic rings. The Morgan fingerprint density at radius 1 is 1.13 bits per heavy atom. The number of thioether (sulfide) groups is 1. The molecular formula is C23H22N4O2S2. The lowest BCUT2D eigenvalue weighted by Crippen LogP contribution is -2.15. The number of nitrogens with one attached hydrogen (secondary N) is 1. The van der Waals surface area contributed by atoms with Gasteiger partial charge >= 0.3 is 0 Å². The van der Waals surface area contributed by atoms with Gasteiger partial charge in [0.1, 0.15) is 5.75 Å². The number of carbonyl (C=O) groups excluding carboxylic acids is 1. The number of aryl methyl sites for hydroxylation is 2. The Balaban J connectivity index is 1.61. The SMILES string of the molecule is COc1ccccc1-n1c(SCC(=O)Nc2cc(C)ccc2C)nnc1-c1cccs1. The largest absolute Gasteiger partial charge is 0.495 e. The minimum absolute atomic E-state index is 0.0917. The van der Waals surface area contributed by atoms with Gasteiger partial charge in [0.25, 0.3) is 0 Å². The zero-order chi connectivity index (χ0) is 21.8. The predicted octanol–water partition coefficient (Wildman–Crippen LogP) is 5.35. The number of anilines is 1. The molecule has 0 aliphatic carbocycles. The number of ether oxygens (including phenoxy) is 1. The van der Waals surface area contributed by atoms with Crippen LogP contribution in [-0.2, 0) is 4.79 Å². The first-order valence-electron chi connectivity index (χ1n) is 9.69. The summed E-state index contributed by atoms with van der Waals surface area (Å²) in [5, 5.41) is 14.4. The maximum absolute atomic E-state index is 12.6. The number of benzene rings is 2. The Kier molecular flexibility index (Phi) is 6.39. The molecule has 0 aliphatic heterocycles. The van der Waals surface area contributed by atoms with Gasteiger partial charge in [0.05, 0.1) is 23.4 Å². The lowest BCUT2D eigenvalue weighted by molar-refractivity contribution is -0.113. The molecule has 0 aliphatic rings. The van der Waals surface area contributed by atoms with Crippen LogP contribution in [0.1, 0.15) is 11.1 Å². The number of para-hydroxylation sites is 2. The van der Waals surface area contributed by atoms with Crippen LogP contribution < -0.4 is 10.1 Å². The molecule has 1 amide bonds. The van der Waals surface area contributed by atoms with E-state index in [0.717, 1.165) is 33.2 Å². The maximum atomic E-state index is 12.6. The summed E-state index contributed by atoms with van der Waals surface area (Å²) in [5.41, 5.74) is 3.79. The number of methoxy groups -OCH3 is 1. The third-order valence-corrected chi connectivity index (χ3v) is 6.50. The monoisotopic (exact) mass is 450 g/mol. The molecule has 6 nitrogen and oxygen atoms in total. The van der Waals surface area contributed by atoms with E-state index in [4.69, 9.17) is 4.74 Å². The lowest BCUT2D eigenvalue weighted by Gasteiger charge is -2.13. The van der Waals surface area contributed by atoms with Crippen LogP contribution in [0.4, 0.5) is 5.69 Å². The summed E-state index contributed by atoms with van der Waals surface area (Å²) in [7, 11) is 1.64. The van der Waals surface area contributed by atoms with Crippen molar-refractivity contribution in [3.8, 4) is 22.1 Å². The van der Waals surface area contributed by atoms with E-state index in [1.807, 2.05) is 78.4 Å². The van der Waals surface area contributed by atoms with Crippen LogP contribution in [0.15, 0.2) is 65.1 Å². The van der Waals surface area contributed by atoms with Crippen LogP contribution in [0.5, 0.6) is 5.75 Å². The molecule has 0 fully saturated rings. The number of hydrogen-bond acceptors (Lipinski definition) is 6. The molecule has 2 aromatic carbocycles. The van der Waals surface area contributed by atoms with Crippen LogP contribution >= 0.6 is 23.1 Å². The molecular weight excluding hydrogens is 428 g/mol. The third-order valence-electron chi connectivity index (χ3n) is 4.70. The maximum Gasteiger partial charge on any atom is 0.234 e. The molecule has 0 bridgehead atoms. The zero-order valence-electron chi connectivity index (χ0n) is 17.5. The minimum atomic E-state index is -0.0917. The van der Waals surface area contributed by atoms with E-state index in [1.165, 1.54) is 11.8 Å². The van der Waals surface area contributed by atoms with Crippen LogP contribution in [0.2, 0.25) is 0 Å². The first-order valence-corrected chi connectivity index (χ1v) is 11.6. The molecule has 8 heteroatoms. The van der Waals surface area contributed by atoms with Crippen molar-refractivity contribution in [2.24, 2.45) is 0 Å². The van der Waals surface area contributed by atoms with E-state index < -0.39 is 0 Å². The first-order chi connectivity index (χ1) is 15.1. The molecule has 2 heterocycles. The Labute approximate surface area is 189 Å². The van der Waals surface area contributed by atoms with E-state index in [9.17, 15) is 4.79 Å². The second-order valence-electron chi connectivity index (χ2n) is 6.95. The van der Waals surface area contributed by atoms with Crippen LogP contribution in [0.3, 0.4) is 0 Å². The molecule has 0 saturated heterocycles. The van der Waals surface area contributed by atoms with Crippen molar-refractivity contribution in [2.45, 2.75) is 19.0 Å². The summed E-state index contributed by atoms with van der Waals surface area (Å²) in [6.45, 7) is 3.99. The second-order valence-corrected chi connectivity index (χ2v) is 8.84. The molecule has 0 saturated carbocycles. The van der Waals surface area contributed by atoms with Crippen molar-refractivity contribution in [3.63, 3.8) is 0 Å². The number of amides is 1. The van der Waals surface area contributed by atoms with Gasteiger partial charge in [-0.05, 0) is 54.6 Å². The average molecular weight is 451 g/mol. The second kappa shape index (κ2) is 9.36. The van der Waals surface area contributed by atoms with Crippen molar-refractivity contribution in [3.05, 3.63) is 71.1 Å². The molecule has 31 heavy (non-hydrogen) atoms. The van der Waals surface area contributed by atoms with Gasteiger partial charge in [-0.1, -0.05) is 42.1 Å². The Hall–Kier alpha value is -3.10. The standard InChI is InChI=1S/C23H22N4O2S2/c1-15-10-11-16(2)17(13-15)24-21(28)14-31-23-26-25-22(20-9-6-12-30-20)27(23)18-7-4-5-8-19(18)29-3/h4-13H,14H2,1-3H3,(H,24,28). The average Bonchev–Trinajstić information content (AvgIpc) is 3.44. The summed E-state index contributed by atoms with van der Waals surface area (Å²) < 4.78 is 7.51. The molecule has 4 rings (SSSR count). The van der Waals surface area contributed by atoms with Crippen LogP contribution in [-0.4, -0.2) is 33.5 Å². The normalized spacial score (nSPS) is 10.8. The van der Waals surface area contributed by atoms with Crippen molar-refractivity contribution in [1.82, 2.24) is 14.8 Å². The molecule has 0 unspecified atom stereocenters. The number of hydrogen-bond donors (Lipinski definition) is 1. The van der Waals surface area contributed by atoms with Crippen molar-refractivity contribution < 1.29 is 9.53 Å². The van der Waals surface area contributed by atoms with Gasteiger partial charge in [0, 0.05) is 5.69 Å². The smallest absolute Gasteiger partial charge is 0.234 e. The van der Waals surface area contributed by atoms with Crippen molar-refractivity contribution in [2.75, 3.05) is 18.2 Å². The fourth-order valence-corrected chi connectivity index (χ4v) is 4.59. The lowest BCUT2D eigenvalue weighted by atomic mass is 10.1. The Morgan fingerprint density at radius 2 is 1.97 bits per heavy atom. The number of rotatable bonds is 7. The highest BCUT2D eigenvalue weighted by Gasteiger charge is 2.20. The van der Waals surface area contributed by atoms with Gasteiger partial charge in [-0.2, -0.15) is 0 Å². The molecule has 2 aromatic heterocycles. The summed E-state index contributed by atoms with van der Waals surface area (Å²) in [5.74, 6) is 1.55. The van der Waals surface area contributed by atoms with Gasteiger partial charge in [-0.3, -0.25) is 9.36 Å². The van der Waals surface area contributed by atoms with Gasteiger partial charge < -0.3 is 10.1 Å². The number of carbonyl (C=O) groups is 1. The summed E-state index contributed by atoms with van der Waals surface area (Å²) in [6.07, 6.45) is 0. The van der Waals surface area contributed by atoms with Gasteiger partial charge in [-0.25, -0.2) is 0 Å². The third kappa shape index (κ3) is 4.65. The van der Waals surface area contributed by atoms with Gasteiger partial charge in [0.15, 0.2) is 11.0 Å². The van der Waals surface area contributed by atoms with E-state index in [2.05, 4.69) is 15.5 Å². The molecule has 0 atom stereocenters. The number of nitrogens with zero attached hydrogens (tertiary/aromatic N) is 3. The summed E-state index contributed by atoms with van der Waals surface area (Å²) >= 11 is 2.93. The van der Waals surface area contributed by atoms with Crippen molar-refractivity contribution in [1.29, 1.82) is 0 Å². The van der Waals surface area contributed by atoms with E-state index >= 15 is 0 Å². The first kappa shape index (κ1) is 21.1. The predicted molar refractivity (Wildman–Crippen MR) is 126 cm³/mol. The molecule has 0 radical (unpaired) electrons. The topological polar surface area (TPSA) is 69.0 Å². The van der Waals surface area contributed by atoms with Crippen LogP contribution in [0.25, 0.3) is 16.4 Å². The van der Waals surface area contributed by atoms with Crippen LogP contribution in [0, 0.1) is 13.8 Å². The van der Waals surface area contributed by atoms with Crippen molar-refractivity contribution >= 4 is 34.7 Å². The highest BCUT2D eigenvalue weighted by atomic mass is 32.2. The number of aromatic nitrogens is 3. The quantitative estimate of drug-likeness (QED) is 0.384. The zero-order valence-corrected chi connectivity index (χ0v) is 19.1. The summed E-state index contributed by atoms with van der Waals surface area (Å²) in [6, 6.07) is 17.7.